The first-order valence-electron chi connectivity index (χ1n) is 28.5. The van der Waals surface area contributed by atoms with E-state index in [4.69, 9.17) is 61.6 Å². The molecule has 8 heterocycles. The molecule has 10 rings (SSSR count). The lowest BCUT2D eigenvalue weighted by atomic mass is 9.83. The van der Waals surface area contributed by atoms with Crippen molar-refractivity contribution in [3.8, 4) is 0 Å². The lowest BCUT2D eigenvalue weighted by Gasteiger charge is -2.29. The highest BCUT2D eigenvalue weighted by atomic mass is 79.9. The number of hydrogen-bond donors (Lipinski definition) is 5. The molecule has 0 aliphatic carbocycles. The van der Waals surface area contributed by atoms with Gasteiger partial charge in [-0.15, -0.1) is 0 Å². The third-order valence-electron chi connectivity index (χ3n) is 13.8. The third-order valence-corrected chi connectivity index (χ3v) is 15.2. The molecule has 0 fully saturated rings. The molecule has 27 heteroatoms. The first-order valence-corrected chi connectivity index (χ1v) is 31.1. The van der Waals surface area contributed by atoms with E-state index in [0.29, 0.717) is 50.5 Å². The molecule has 1 amide bonds. The maximum atomic E-state index is 13.8. The molecule has 0 radical (unpaired) electrons. The fraction of sp³-hybridized carbons (Fsp3) is 0.338. The molecule has 490 valence electrons. The lowest BCUT2D eigenvalue weighted by molar-refractivity contribution is -0.155. The largest absolute Gasteiger partial charge is 0.459 e. The SMILES string of the molecule is CC(C)(CN)c1c[nH]c2cc(Cl)cnc12.CC(C)OC(=O)C(=O)CBr.CC(C)OC(=O)C1=CN(C(=O)c2ccc(F)c(F)c2)CC(C)(C)c2c1[nH]c1cc(Cl)cnc21.CC(C)OC(=O)C1=CNCC(C)(C)c2c1[nH]c1cc(Cl)cnc21.O=C(Cl)c1ccc(F)c(F)c1. The Hall–Kier alpha value is -7.67. The van der Waals surface area contributed by atoms with Crippen molar-refractivity contribution in [3.63, 3.8) is 0 Å². The van der Waals surface area contributed by atoms with Gasteiger partial charge >= 0.3 is 17.9 Å². The fourth-order valence-electron chi connectivity index (χ4n) is 9.52. The third kappa shape index (κ3) is 18.1. The number of rotatable bonds is 11. The van der Waals surface area contributed by atoms with Gasteiger partial charge in [-0.3, -0.25) is 29.3 Å². The number of ketones is 1. The Bertz CT molecular complexity index is 4160. The number of hydrogen-bond acceptors (Lipinski definition) is 14. The molecule has 0 saturated heterocycles. The molecule has 0 bridgehead atoms. The highest BCUT2D eigenvalue weighted by molar-refractivity contribution is 9.09. The van der Waals surface area contributed by atoms with E-state index < -0.39 is 63.7 Å². The van der Waals surface area contributed by atoms with E-state index in [9.17, 15) is 46.3 Å². The van der Waals surface area contributed by atoms with Crippen LogP contribution in [-0.4, -0.2) is 113 Å². The number of carbonyl (C=O) groups excluding carboxylic acids is 6. The van der Waals surface area contributed by atoms with Gasteiger partial charge in [0.1, 0.15) is 0 Å². The van der Waals surface area contributed by atoms with Crippen LogP contribution >= 0.6 is 62.3 Å². The monoisotopic (exact) mass is 1410 g/mol. The molecule has 2 aliphatic heterocycles. The number of fused-ring (bicyclic) bond motifs is 7. The number of nitrogens with one attached hydrogen (secondary N) is 4. The molecular formula is C65H68BrCl4F4N9O9. The van der Waals surface area contributed by atoms with Crippen molar-refractivity contribution in [3.05, 3.63) is 169 Å². The van der Waals surface area contributed by atoms with Gasteiger partial charge in [0.15, 0.2) is 23.3 Å². The number of ether oxygens (including phenoxy) is 3. The molecule has 0 atom stereocenters. The highest BCUT2D eigenvalue weighted by Crippen LogP contribution is 2.42. The Morgan fingerprint density at radius 3 is 1.59 bits per heavy atom. The summed E-state index contributed by atoms with van der Waals surface area (Å²) in [6.07, 6.45) is 9.06. The van der Waals surface area contributed by atoms with E-state index in [1.807, 2.05) is 46.0 Å². The number of benzene rings is 2. The zero-order valence-electron chi connectivity index (χ0n) is 52.2. The van der Waals surface area contributed by atoms with E-state index in [-0.39, 0.29) is 57.6 Å². The zero-order valence-corrected chi connectivity index (χ0v) is 56.8. The van der Waals surface area contributed by atoms with Crippen LogP contribution in [0, 0.1) is 23.3 Å². The topological polar surface area (TPSA) is 257 Å². The van der Waals surface area contributed by atoms with Crippen LogP contribution in [0.15, 0.2) is 91.8 Å². The van der Waals surface area contributed by atoms with E-state index in [0.717, 1.165) is 74.8 Å². The summed E-state index contributed by atoms with van der Waals surface area (Å²) in [6, 6.07) is 11.1. The van der Waals surface area contributed by atoms with Crippen LogP contribution in [0.3, 0.4) is 0 Å². The predicted molar refractivity (Wildman–Crippen MR) is 352 cm³/mol. The van der Waals surface area contributed by atoms with E-state index in [1.54, 1.807) is 52.4 Å². The number of carbonyl (C=O) groups is 6. The van der Waals surface area contributed by atoms with Crippen LogP contribution in [0.2, 0.25) is 15.1 Å². The van der Waals surface area contributed by atoms with Gasteiger partial charge in [-0.25, -0.2) is 31.9 Å². The summed E-state index contributed by atoms with van der Waals surface area (Å²) >= 11 is 25.9. The van der Waals surface area contributed by atoms with Crippen molar-refractivity contribution >= 4 is 141 Å². The van der Waals surface area contributed by atoms with Gasteiger partial charge in [0.2, 0.25) is 0 Å². The number of Topliss-reactive ketones (excluding diaryl/α,β-unsaturated/α-hetero) is 1. The van der Waals surface area contributed by atoms with Crippen LogP contribution in [0.4, 0.5) is 17.6 Å². The quantitative estimate of drug-likeness (QED) is 0.0202. The molecule has 8 aromatic rings. The van der Waals surface area contributed by atoms with Crippen LogP contribution in [0.5, 0.6) is 0 Å². The summed E-state index contributed by atoms with van der Waals surface area (Å²) in [4.78, 5) is 94.6. The Balaban J connectivity index is 0.000000198. The number of nitrogens with zero attached hydrogens (tertiary/aromatic N) is 4. The lowest BCUT2D eigenvalue weighted by Crippen LogP contribution is -2.37. The number of aromatic amines is 3. The van der Waals surface area contributed by atoms with E-state index in [1.165, 1.54) is 23.4 Å². The summed E-state index contributed by atoms with van der Waals surface area (Å²) < 4.78 is 67.2. The van der Waals surface area contributed by atoms with Crippen LogP contribution in [0.1, 0.15) is 132 Å². The van der Waals surface area contributed by atoms with Crippen LogP contribution < -0.4 is 11.1 Å². The number of halogens is 9. The molecule has 18 nitrogen and oxygen atoms in total. The van der Waals surface area contributed by atoms with Gasteiger partial charge in [-0.2, -0.15) is 0 Å². The summed E-state index contributed by atoms with van der Waals surface area (Å²) in [5.41, 5.74) is 14.2. The van der Waals surface area contributed by atoms with E-state index in [2.05, 4.69) is 83.6 Å². The number of alkyl halides is 1. The van der Waals surface area contributed by atoms with E-state index >= 15 is 0 Å². The van der Waals surface area contributed by atoms with Crippen LogP contribution in [0.25, 0.3) is 44.2 Å². The molecule has 92 heavy (non-hydrogen) atoms. The molecule has 6 aromatic heterocycles. The van der Waals surface area contributed by atoms with Crippen molar-refractivity contribution < 1.29 is 60.5 Å². The number of nitrogens with two attached hydrogens (primary N) is 1. The molecule has 2 aliphatic rings. The Morgan fingerprint density at radius 1 is 0.652 bits per heavy atom. The van der Waals surface area contributed by atoms with Crippen LogP contribution in [-0.2, 0) is 49.6 Å². The average molecular weight is 1420 g/mol. The molecule has 0 spiro atoms. The predicted octanol–water partition coefficient (Wildman–Crippen LogP) is 14.3. The first kappa shape index (κ1) is 73.4. The molecular weight excluding hydrogens is 1350 g/mol. The minimum atomic E-state index is -1.13. The average Bonchev–Trinajstić information content (AvgIpc) is 1.74. The molecule has 0 unspecified atom stereocenters. The standard InChI is InChI=1S/C24H22ClF2N3O3.C17H20ClN3O2.C11H14ClN3.C7H3ClF2O.C6H9BrO3/c1-12(2)33-23(32)15-10-30(22(31)13-5-6-16(26)17(27)7-13)11-24(3,4)19-20(15)29-18-8-14(25)9-28-21(18)19;1-9(2)23-16(22)11-7-19-8-17(3,4)13-14(11)21-12-5-10(18)6-20-15(12)13;1-11(2,6-13)8-5-14-9-3-7(12)4-15-10(8)9;8-7(11)4-1-2-5(9)6(10)3-4;1-4(2)10-6(9)5(8)3-7/h5-10,12,29H,11H2,1-4H3;5-7,9,19,21H,8H2,1-4H3;3-5,14H,6,13H2,1-2H3;1-3H;4H,3H2,1-2H3. The molecule has 6 N–H and O–H groups in total. The van der Waals surface area contributed by atoms with Crippen molar-refractivity contribution in [1.29, 1.82) is 0 Å². The maximum absolute atomic E-state index is 13.8. The second-order valence-corrected chi connectivity index (χ2v) is 26.0. The summed E-state index contributed by atoms with van der Waals surface area (Å²) in [5.74, 6) is -7.14. The Kier molecular flexibility index (Phi) is 24.6. The van der Waals surface area contributed by atoms with Gasteiger partial charge < -0.3 is 45.1 Å². The van der Waals surface area contributed by atoms with Crippen molar-refractivity contribution in [2.24, 2.45) is 5.73 Å². The second kappa shape index (κ2) is 30.8. The zero-order chi connectivity index (χ0) is 68.5. The van der Waals surface area contributed by atoms with Gasteiger partial charge in [0.25, 0.3) is 16.9 Å². The fourth-order valence-corrected chi connectivity index (χ4v) is 10.3. The smallest absolute Gasteiger partial charge is 0.375 e. The summed E-state index contributed by atoms with van der Waals surface area (Å²) in [5, 5.41) is 4.07. The summed E-state index contributed by atoms with van der Waals surface area (Å²) in [6.45, 7) is 24.2. The minimum Gasteiger partial charge on any atom is -0.459 e. The number of esters is 3. The van der Waals surface area contributed by atoms with Crippen molar-refractivity contribution in [2.75, 3.05) is 25.0 Å². The van der Waals surface area contributed by atoms with Gasteiger partial charge in [-0.05, 0) is 108 Å². The van der Waals surface area contributed by atoms with Gasteiger partial charge in [-0.1, -0.05) is 92.3 Å². The second-order valence-electron chi connectivity index (χ2n) is 23.8. The highest BCUT2D eigenvalue weighted by Gasteiger charge is 2.39. The first-order chi connectivity index (χ1) is 43.0. The molecule has 0 saturated carbocycles. The van der Waals surface area contributed by atoms with Gasteiger partial charge in [0.05, 0.1) is 94.3 Å². The Morgan fingerprint density at radius 2 is 1.11 bits per heavy atom. The van der Waals surface area contributed by atoms with Crippen molar-refractivity contribution in [1.82, 2.24) is 40.1 Å². The maximum Gasteiger partial charge on any atom is 0.375 e. The van der Waals surface area contributed by atoms with Gasteiger partial charge in [0, 0.05) is 101 Å². The Labute approximate surface area is 556 Å². The number of amides is 1. The van der Waals surface area contributed by atoms with Crippen molar-refractivity contribution in [2.45, 2.75) is 118 Å². The molecule has 2 aromatic carbocycles. The normalized spacial score (nSPS) is 13.8. The minimum absolute atomic E-state index is 0.0263. The summed E-state index contributed by atoms with van der Waals surface area (Å²) in [7, 11) is 0. The number of aromatic nitrogens is 6. The number of H-pyrrole nitrogens is 3. The number of pyridine rings is 3.